The van der Waals surface area contributed by atoms with Gasteiger partial charge in [0.2, 0.25) is 0 Å². The first-order valence-corrected chi connectivity index (χ1v) is 11.4. The van der Waals surface area contributed by atoms with Crippen molar-refractivity contribution in [2.45, 2.75) is 0 Å². The average Bonchev–Trinajstić information content (AvgIpc) is 3.42. The molecule has 0 bridgehead atoms. The van der Waals surface area contributed by atoms with Gasteiger partial charge >= 0.3 is 0 Å². The van der Waals surface area contributed by atoms with Crippen molar-refractivity contribution < 1.29 is 0 Å². The first-order chi connectivity index (χ1) is 16.9. The molecule has 0 saturated carbocycles. The zero-order valence-corrected chi connectivity index (χ0v) is 18.3. The van der Waals surface area contributed by atoms with E-state index >= 15 is 0 Å². The highest BCUT2D eigenvalue weighted by atomic mass is 15.2. The number of pyridine rings is 2. The molecule has 4 heterocycles. The summed E-state index contributed by atoms with van der Waals surface area (Å²) in [5, 5.41) is 2.32. The number of rotatable bonds is 3. The molecule has 0 aliphatic carbocycles. The molecule has 0 atom stereocenters. The Hall–Kier alpha value is -4.70. The summed E-state index contributed by atoms with van der Waals surface area (Å²) < 4.78 is 4.57. The van der Waals surface area contributed by atoms with Gasteiger partial charge < -0.3 is 0 Å². The molecule has 0 N–H and O–H groups in total. The monoisotopic (exact) mass is 436 g/mol. The lowest BCUT2D eigenvalue weighted by Crippen LogP contribution is -2.03. The van der Waals surface area contributed by atoms with Crippen LogP contribution in [0, 0.1) is 0 Å². The quantitative estimate of drug-likeness (QED) is 0.294. The Morgan fingerprint density at radius 2 is 1.29 bits per heavy atom. The molecule has 4 heteroatoms. The first kappa shape index (κ1) is 18.8. The van der Waals surface area contributed by atoms with Crippen LogP contribution in [0.1, 0.15) is 0 Å². The van der Waals surface area contributed by atoms with Gasteiger partial charge in [-0.25, -0.2) is 4.98 Å². The van der Waals surface area contributed by atoms with Crippen molar-refractivity contribution in [1.82, 2.24) is 19.1 Å². The molecule has 0 unspecified atom stereocenters. The van der Waals surface area contributed by atoms with E-state index < -0.39 is 0 Å². The first-order valence-electron chi connectivity index (χ1n) is 11.4. The van der Waals surface area contributed by atoms with Crippen LogP contribution in [0.25, 0.3) is 55.7 Å². The van der Waals surface area contributed by atoms with Gasteiger partial charge in [-0.3, -0.25) is 14.1 Å². The van der Waals surface area contributed by atoms with Crippen molar-refractivity contribution in [3.05, 3.63) is 121 Å². The van der Waals surface area contributed by atoms with Crippen molar-refractivity contribution >= 4 is 33.0 Å². The second-order valence-electron chi connectivity index (χ2n) is 8.34. The minimum absolute atomic E-state index is 0.870. The highest BCUT2D eigenvalue weighted by molar-refractivity contribution is 6.21. The van der Waals surface area contributed by atoms with Gasteiger partial charge in [0.05, 0.1) is 27.6 Å². The normalized spacial score (nSPS) is 11.5. The van der Waals surface area contributed by atoms with Crippen LogP contribution < -0.4 is 0 Å². The second kappa shape index (κ2) is 7.42. The Morgan fingerprint density at radius 1 is 0.559 bits per heavy atom. The number of nitrogens with zero attached hydrogens (tertiary/aromatic N) is 4. The number of benzene rings is 3. The van der Waals surface area contributed by atoms with Crippen molar-refractivity contribution in [3.63, 3.8) is 0 Å². The van der Waals surface area contributed by atoms with E-state index in [0.717, 1.165) is 50.3 Å². The second-order valence-corrected chi connectivity index (χ2v) is 8.34. The molecule has 7 rings (SSSR count). The maximum Gasteiger partial charge on any atom is 0.139 e. The molecule has 34 heavy (non-hydrogen) atoms. The van der Waals surface area contributed by atoms with E-state index in [-0.39, 0.29) is 0 Å². The summed E-state index contributed by atoms with van der Waals surface area (Å²) in [7, 11) is 0. The lowest BCUT2D eigenvalue weighted by atomic mass is 10.1. The van der Waals surface area contributed by atoms with Crippen LogP contribution in [0.3, 0.4) is 0 Å². The number of fused-ring (bicyclic) bond motifs is 5. The number of hydrogen-bond donors (Lipinski definition) is 0. The van der Waals surface area contributed by atoms with Gasteiger partial charge in [-0.15, -0.1) is 0 Å². The van der Waals surface area contributed by atoms with Crippen molar-refractivity contribution in [2.24, 2.45) is 0 Å². The van der Waals surface area contributed by atoms with Crippen LogP contribution in [0.2, 0.25) is 0 Å². The van der Waals surface area contributed by atoms with E-state index in [9.17, 15) is 0 Å². The fraction of sp³-hybridized carbons (Fsp3) is 0. The predicted octanol–water partition coefficient (Wildman–Crippen LogP) is 7.18. The molecule has 0 spiro atoms. The third-order valence-corrected chi connectivity index (χ3v) is 6.37. The Bertz CT molecular complexity index is 1790. The van der Waals surface area contributed by atoms with Gasteiger partial charge in [0.1, 0.15) is 11.5 Å². The van der Waals surface area contributed by atoms with Gasteiger partial charge in [-0.2, -0.15) is 0 Å². The fourth-order valence-electron chi connectivity index (χ4n) is 4.94. The fourth-order valence-corrected chi connectivity index (χ4v) is 4.94. The maximum absolute atomic E-state index is 5.11. The summed E-state index contributed by atoms with van der Waals surface area (Å²) in [6.45, 7) is 0. The summed E-state index contributed by atoms with van der Waals surface area (Å²) >= 11 is 0. The molecular weight excluding hydrogens is 416 g/mol. The molecule has 0 aliphatic heterocycles. The Kier molecular flexibility index (Phi) is 4.11. The van der Waals surface area contributed by atoms with Crippen LogP contribution in [0.5, 0.6) is 0 Å². The van der Waals surface area contributed by atoms with Crippen molar-refractivity contribution in [3.8, 4) is 22.8 Å². The van der Waals surface area contributed by atoms with Crippen LogP contribution in [-0.4, -0.2) is 19.1 Å². The third-order valence-electron chi connectivity index (χ3n) is 6.37. The molecule has 4 nitrogen and oxygen atoms in total. The van der Waals surface area contributed by atoms with E-state index in [1.54, 1.807) is 0 Å². The Balaban J connectivity index is 1.65. The van der Waals surface area contributed by atoms with E-state index in [4.69, 9.17) is 9.97 Å². The van der Waals surface area contributed by atoms with Gasteiger partial charge in [-0.05, 0) is 42.5 Å². The highest BCUT2D eigenvalue weighted by Crippen LogP contribution is 2.39. The zero-order chi connectivity index (χ0) is 22.5. The lowest BCUT2D eigenvalue weighted by Gasteiger charge is -2.13. The van der Waals surface area contributed by atoms with E-state index in [2.05, 4.69) is 94.1 Å². The zero-order valence-electron chi connectivity index (χ0n) is 18.3. The van der Waals surface area contributed by atoms with E-state index in [0.29, 0.717) is 0 Å². The largest absolute Gasteiger partial charge is 0.295 e. The lowest BCUT2D eigenvalue weighted by molar-refractivity contribution is 1.02. The highest BCUT2D eigenvalue weighted by Gasteiger charge is 2.23. The molecule has 0 saturated heterocycles. The third kappa shape index (κ3) is 2.72. The Morgan fingerprint density at radius 3 is 2.15 bits per heavy atom. The number of hydrogen-bond acceptors (Lipinski definition) is 2. The molecular formula is C30H20N4. The van der Waals surface area contributed by atoms with Gasteiger partial charge in [-0.1, -0.05) is 72.8 Å². The summed E-state index contributed by atoms with van der Waals surface area (Å²) in [6.07, 6.45) is 1.87. The van der Waals surface area contributed by atoms with Gasteiger partial charge in [0.15, 0.2) is 0 Å². The summed E-state index contributed by atoms with van der Waals surface area (Å²) in [4.78, 5) is 9.94. The summed E-state index contributed by atoms with van der Waals surface area (Å²) in [5.41, 5.74) is 7.39. The van der Waals surface area contributed by atoms with Crippen LogP contribution in [0.4, 0.5) is 0 Å². The number of para-hydroxylation sites is 2. The molecule has 0 radical (unpaired) electrons. The SMILES string of the molecule is c1ccc(-c2cccc(-n3c4cccnc4c4c5ccccc5n(-c5ccccc5)c43)n2)cc1. The maximum atomic E-state index is 5.11. The van der Waals surface area contributed by atoms with Crippen molar-refractivity contribution in [1.29, 1.82) is 0 Å². The summed E-state index contributed by atoms with van der Waals surface area (Å²) in [5.74, 6) is 0.870. The minimum Gasteiger partial charge on any atom is -0.295 e. The molecule has 160 valence electrons. The smallest absolute Gasteiger partial charge is 0.139 e. The standard InChI is InChI=1S/C30H20N4/c1-3-11-21(12-4-1)24-16-9-19-27(32-24)34-26-18-10-20-31-29(26)28-23-15-7-8-17-25(23)33(30(28)34)22-13-5-2-6-14-22/h1-20H. The molecule has 0 aliphatic rings. The van der Waals surface area contributed by atoms with Gasteiger partial charge in [0, 0.05) is 22.8 Å². The van der Waals surface area contributed by atoms with Crippen LogP contribution in [-0.2, 0) is 0 Å². The number of aromatic nitrogens is 4. The molecule has 0 amide bonds. The van der Waals surface area contributed by atoms with Crippen molar-refractivity contribution in [2.75, 3.05) is 0 Å². The topological polar surface area (TPSA) is 35.6 Å². The summed E-state index contributed by atoms with van der Waals surface area (Å²) in [6, 6.07) is 39.7. The minimum atomic E-state index is 0.870. The Labute approximate surface area is 196 Å². The van der Waals surface area contributed by atoms with E-state index in [1.807, 2.05) is 36.5 Å². The molecule has 4 aromatic heterocycles. The van der Waals surface area contributed by atoms with Crippen LogP contribution >= 0.6 is 0 Å². The molecule has 3 aromatic carbocycles. The molecule has 0 fully saturated rings. The van der Waals surface area contributed by atoms with Crippen LogP contribution in [0.15, 0.2) is 121 Å². The average molecular weight is 437 g/mol. The van der Waals surface area contributed by atoms with E-state index in [1.165, 1.54) is 5.39 Å². The molecule has 7 aromatic rings. The predicted molar refractivity (Wildman–Crippen MR) is 139 cm³/mol. The van der Waals surface area contributed by atoms with Gasteiger partial charge in [0.25, 0.3) is 0 Å².